The standard InChI is InChI=1S/C12H19ClN3/c1-10-8-11(9-15-12(10)13)16(14)6-4-2-3-5-7-16/h8-9H,2-7,14H2,1H3/q+1. The van der Waals surface area contributed by atoms with Crippen LogP contribution in [0, 0.1) is 6.92 Å². The Morgan fingerprint density at radius 1 is 1.25 bits per heavy atom. The molecule has 88 valence electrons. The summed E-state index contributed by atoms with van der Waals surface area (Å²) in [5, 5.41) is 0.574. The zero-order valence-electron chi connectivity index (χ0n) is 9.75. The van der Waals surface area contributed by atoms with Crippen LogP contribution in [0.3, 0.4) is 0 Å². The molecule has 0 spiro atoms. The third-order valence-electron chi connectivity index (χ3n) is 3.38. The molecule has 0 amide bonds. The normalized spacial score (nSPS) is 20.4. The number of nitrogens with zero attached hydrogens (tertiary/aromatic N) is 2. The van der Waals surface area contributed by atoms with Crippen molar-refractivity contribution in [3.63, 3.8) is 0 Å². The molecule has 16 heavy (non-hydrogen) atoms. The van der Waals surface area contributed by atoms with E-state index in [-0.39, 0.29) is 0 Å². The van der Waals surface area contributed by atoms with Crippen molar-refractivity contribution in [3.8, 4) is 0 Å². The van der Waals surface area contributed by atoms with E-state index in [1.807, 2.05) is 13.1 Å². The van der Waals surface area contributed by atoms with Crippen LogP contribution in [0.25, 0.3) is 0 Å². The molecular formula is C12H19ClN3+. The fraction of sp³-hybridized carbons (Fsp3) is 0.583. The van der Waals surface area contributed by atoms with Gasteiger partial charge in [-0.15, -0.1) is 0 Å². The Hall–Kier alpha value is -0.640. The van der Waals surface area contributed by atoms with E-state index in [1.54, 1.807) is 0 Å². The highest BCUT2D eigenvalue weighted by Crippen LogP contribution is 2.26. The molecule has 1 aromatic rings. The first-order chi connectivity index (χ1) is 7.62. The van der Waals surface area contributed by atoms with Crippen LogP contribution in [0.2, 0.25) is 5.15 Å². The number of hydrogen-bond donors (Lipinski definition) is 1. The zero-order valence-corrected chi connectivity index (χ0v) is 10.5. The summed E-state index contributed by atoms with van der Waals surface area (Å²) in [5.41, 5.74) is 2.09. The van der Waals surface area contributed by atoms with Crippen molar-refractivity contribution in [1.82, 2.24) is 9.58 Å². The average molecular weight is 241 g/mol. The van der Waals surface area contributed by atoms with E-state index in [2.05, 4.69) is 11.1 Å². The summed E-state index contributed by atoms with van der Waals surface area (Å²) in [5.74, 6) is 6.45. The molecule has 1 aliphatic heterocycles. The molecule has 1 saturated heterocycles. The molecule has 3 nitrogen and oxygen atoms in total. The van der Waals surface area contributed by atoms with Crippen LogP contribution in [0.1, 0.15) is 31.2 Å². The van der Waals surface area contributed by atoms with Crippen LogP contribution in [0.4, 0.5) is 5.69 Å². The molecule has 2 rings (SSSR count). The molecule has 1 fully saturated rings. The van der Waals surface area contributed by atoms with Crippen molar-refractivity contribution in [3.05, 3.63) is 23.0 Å². The van der Waals surface area contributed by atoms with E-state index in [4.69, 9.17) is 17.4 Å². The fourth-order valence-electron chi connectivity index (χ4n) is 2.30. The maximum atomic E-state index is 6.45. The summed E-state index contributed by atoms with van der Waals surface area (Å²) in [7, 11) is 0. The van der Waals surface area contributed by atoms with Gasteiger partial charge in [0, 0.05) is 6.07 Å². The van der Waals surface area contributed by atoms with Crippen molar-refractivity contribution in [2.24, 2.45) is 5.84 Å². The first kappa shape index (κ1) is 11.8. The predicted molar refractivity (Wildman–Crippen MR) is 68.2 cm³/mol. The summed E-state index contributed by atoms with van der Waals surface area (Å²) >= 11 is 5.94. The molecule has 4 heteroatoms. The molecule has 0 saturated carbocycles. The number of nitrogens with two attached hydrogens (primary N) is 1. The molecule has 0 aliphatic carbocycles. The monoisotopic (exact) mass is 240 g/mol. The lowest BCUT2D eigenvalue weighted by Crippen LogP contribution is -2.56. The summed E-state index contributed by atoms with van der Waals surface area (Å²) in [6.45, 7) is 3.98. The van der Waals surface area contributed by atoms with Gasteiger partial charge in [0.2, 0.25) is 0 Å². The fourth-order valence-corrected chi connectivity index (χ4v) is 2.40. The quantitative estimate of drug-likeness (QED) is 0.466. The first-order valence-electron chi connectivity index (χ1n) is 5.90. The maximum absolute atomic E-state index is 6.45. The second-order valence-corrected chi connectivity index (χ2v) is 5.05. The van der Waals surface area contributed by atoms with E-state index in [9.17, 15) is 0 Å². The molecular weight excluding hydrogens is 222 g/mol. The molecule has 2 N–H and O–H groups in total. The van der Waals surface area contributed by atoms with Gasteiger partial charge in [-0.3, -0.25) is 0 Å². The van der Waals surface area contributed by atoms with Gasteiger partial charge in [-0.2, -0.15) is 5.84 Å². The number of hydrogen-bond acceptors (Lipinski definition) is 2. The number of rotatable bonds is 1. The third-order valence-corrected chi connectivity index (χ3v) is 3.77. The van der Waals surface area contributed by atoms with Crippen LogP contribution in [0.5, 0.6) is 0 Å². The van der Waals surface area contributed by atoms with Gasteiger partial charge >= 0.3 is 0 Å². The molecule has 0 unspecified atom stereocenters. The predicted octanol–water partition coefficient (Wildman–Crippen LogP) is 2.80. The lowest BCUT2D eigenvalue weighted by Gasteiger charge is -2.30. The molecule has 0 aromatic carbocycles. The van der Waals surface area contributed by atoms with Gasteiger partial charge < -0.3 is 0 Å². The molecule has 0 radical (unpaired) electrons. The average Bonchev–Trinajstić information content (AvgIpc) is 2.48. The topological polar surface area (TPSA) is 38.9 Å². The Morgan fingerprint density at radius 3 is 2.44 bits per heavy atom. The minimum atomic E-state index is 0.519. The van der Waals surface area contributed by atoms with Crippen LogP contribution < -0.4 is 10.4 Å². The van der Waals surface area contributed by atoms with Crippen molar-refractivity contribution in [1.29, 1.82) is 0 Å². The Labute approximate surface area is 102 Å². The van der Waals surface area contributed by atoms with Crippen LogP contribution in [-0.4, -0.2) is 18.1 Å². The van der Waals surface area contributed by atoms with Crippen LogP contribution in [0.15, 0.2) is 12.3 Å². The van der Waals surface area contributed by atoms with Gasteiger partial charge in [-0.1, -0.05) is 11.6 Å². The molecule has 2 heterocycles. The Morgan fingerprint density at radius 2 is 1.88 bits per heavy atom. The van der Waals surface area contributed by atoms with Crippen molar-refractivity contribution >= 4 is 17.3 Å². The van der Waals surface area contributed by atoms with Crippen molar-refractivity contribution < 1.29 is 0 Å². The van der Waals surface area contributed by atoms with E-state index in [1.165, 1.54) is 25.7 Å². The van der Waals surface area contributed by atoms with E-state index < -0.39 is 0 Å². The summed E-state index contributed by atoms with van der Waals surface area (Å²) < 4.78 is 0.519. The minimum Gasteiger partial charge on any atom is -0.238 e. The van der Waals surface area contributed by atoms with Gasteiger partial charge in [0.05, 0.1) is 6.20 Å². The zero-order chi connectivity index (χ0) is 11.6. The number of quaternary nitrogens is 1. The SMILES string of the molecule is Cc1cc([N+]2(N)CCCCCC2)cnc1Cl. The molecule has 0 bridgehead atoms. The number of aromatic nitrogens is 1. The second kappa shape index (κ2) is 4.70. The van der Waals surface area contributed by atoms with Crippen LogP contribution in [-0.2, 0) is 0 Å². The molecule has 1 aliphatic rings. The van der Waals surface area contributed by atoms with E-state index in [0.717, 1.165) is 24.3 Å². The summed E-state index contributed by atoms with van der Waals surface area (Å²) in [6.07, 6.45) is 6.78. The second-order valence-electron chi connectivity index (χ2n) is 4.70. The Balaban J connectivity index is 2.29. The largest absolute Gasteiger partial charge is 0.238 e. The van der Waals surface area contributed by atoms with Gasteiger partial charge in [-0.05, 0) is 38.2 Å². The first-order valence-corrected chi connectivity index (χ1v) is 6.28. The molecule has 0 atom stereocenters. The Bertz CT molecular complexity index is 371. The number of pyridine rings is 1. The summed E-state index contributed by atoms with van der Waals surface area (Å²) in [4.78, 5) is 4.20. The highest BCUT2D eigenvalue weighted by atomic mass is 35.5. The van der Waals surface area contributed by atoms with Crippen molar-refractivity contribution in [2.45, 2.75) is 32.6 Å². The maximum Gasteiger partial charge on any atom is 0.170 e. The highest BCUT2D eigenvalue weighted by Gasteiger charge is 2.28. The third kappa shape index (κ3) is 2.37. The van der Waals surface area contributed by atoms with Gasteiger partial charge in [0.15, 0.2) is 5.69 Å². The van der Waals surface area contributed by atoms with E-state index in [0.29, 0.717) is 9.75 Å². The van der Waals surface area contributed by atoms with Crippen LogP contribution >= 0.6 is 11.6 Å². The van der Waals surface area contributed by atoms with Gasteiger partial charge in [0.25, 0.3) is 0 Å². The van der Waals surface area contributed by atoms with E-state index >= 15 is 0 Å². The summed E-state index contributed by atoms with van der Waals surface area (Å²) in [6, 6.07) is 2.07. The van der Waals surface area contributed by atoms with Gasteiger partial charge in [-0.25, -0.2) is 9.58 Å². The van der Waals surface area contributed by atoms with Gasteiger partial charge in [0.1, 0.15) is 18.2 Å². The minimum absolute atomic E-state index is 0.519. The lowest BCUT2D eigenvalue weighted by molar-refractivity contribution is 0.291. The number of halogens is 1. The van der Waals surface area contributed by atoms with Crippen molar-refractivity contribution in [2.75, 3.05) is 13.1 Å². The lowest BCUT2D eigenvalue weighted by atomic mass is 10.2. The number of aryl methyl sites for hydroxylation is 1. The molecule has 1 aromatic heterocycles. The smallest absolute Gasteiger partial charge is 0.170 e. The Kier molecular flexibility index (Phi) is 3.47. The highest BCUT2D eigenvalue weighted by molar-refractivity contribution is 6.30.